The lowest BCUT2D eigenvalue weighted by Gasteiger charge is -2.13. The second-order valence-corrected chi connectivity index (χ2v) is 6.00. The molecule has 0 unspecified atom stereocenters. The topological polar surface area (TPSA) is 49.8 Å². The molecule has 1 N–H and O–H groups in total. The van der Waals surface area contributed by atoms with Crippen LogP contribution in [0.25, 0.3) is 0 Å². The van der Waals surface area contributed by atoms with Gasteiger partial charge in [-0.3, -0.25) is 4.79 Å². The molecule has 0 bridgehead atoms. The van der Waals surface area contributed by atoms with E-state index in [0.717, 1.165) is 14.5 Å². The van der Waals surface area contributed by atoms with E-state index in [1.54, 1.807) is 19.0 Å². The van der Waals surface area contributed by atoms with Crippen LogP contribution in [0.3, 0.4) is 0 Å². The van der Waals surface area contributed by atoms with E-state index < -0.39 is 0 Å². The summed E-state index contributed by atoms with van der Waals surface area (Å²) in [6.45, 7) is 0.448. The fourth-order valence-electron chi connectivity index (χ4n) is 1.46. The molecular formula is C13H17Br2NO3. The number of aliphatic hydroxyl groups is 1. The first-order valence-corrected chi connectivity index (χ1v) is 7.46. The molecule has 4 nitrogen and oxygen atoms in total. The van der Waals surface area contributed by atoms with E-state index in [4.69, 9.17) is 9.84 Å². The molecule has 0 aromatic heterocycles. The minimum Gasteiger partial charge on any atom is -0.491 e. The van der Waals surface area contributed by atoms with Crippen LogP contribution in [0.15, 0.2) is 21.1 Å². The van der Waals surface area contributed by atoms with Crippen LogP contribution in [-0.4, -0.2) is 36.6 Å². The maximum atomic E-state index is 11.4. The summed E-state index contributed by atoms with van der Waals surface area (Å²) in [6.07, 6.45) is 1.13. The van der Waals surface area contributed by atoms with Gasteiger partial charge in [-0.05, 0) is 56.0 Å². The Bertz CT molecular complexity index is 427. The third-order valence-electron chi connectivity index (χ3n) is 2.52. The van der Waals surface area contributed by atoms with E-state index in [-0.39, 0.29) is 12.5 Å². The number of carbonyl (C=O) groups excluding carboxylic acids is 1. The van der Waals surface area contributed by atoms with Crippen LogP contribution in [0.1, 0.15) is 18.4 Å². The number of carbonyl (C=O) groups is 1. The first-order chi connectivity index (χ1) is 8.95. The van der Waals surface area contributed by atoms with Gasteiger partial charge >= 0.3 is 0 Å². The molecule has 0 spiro atoms. The second kappa shape index (κ2) is 7.87. The molecule has 106 valence electrons. The van der Waals surface area contributed by atoms with Gasteiger partial charge in [-0.1, -0.05) is 0 Å². The molecule has 0 saturated heterocycles. The lowest BCUT2D eigenvalue weighted by Crippen LogP contribution is -2.21. The Balaban J connectivity index is 2.52. The number of amides is 1. The highest BCUT2D eigenvalue weighted by Gasteiger charge is 2.09. The zero-order valence-corrected chi connectivity index (χ0v) is 14.1. The highest BCUT2D eigenvalue weighted by molar-refractivity contribution is 9.11. The quantitative estimate of drug-likeness (QED) is 0.754. The highest BCUT2D eigenvalue weighted by Crippen LogP contribution is 2.34. The minimum atomic E-state index is -0.0190. The van der Waals surface area contributed by atoms with Gasteiger partial charge < -0.3 is 14.7 Å². The van der Waals surface area contributed by atoms with Crippen LogP contribution in [0.2, 0.25) is 0 Å². The monoisotopic (exact) mass is 393 g/mol. The van der Waals surface area contributed by atoms with Gasteiger partial charge in [0.15, 0.2) is 0 Å². The summed E-state index contributed by atoms with van der Waals surface area (Å²) < 4.78 is 7.22. The molecule has 0 aliphatic carbocycles. The number of hydrogen-bond donors (Lipinski definition) is 1. The Kier molecular flexibility index (Phi) is 6.82. The molecule has 0 radical (unpaired) electrons. The van der Waals surface area contributed by atoms with E-state index in [9.17, 15) is 4.79 Å². The van der Waals surface area contributed by atoms with E-state index >= 15 is 0 Å². The van der Waals surface area contributed by atoms with Crippen LogP contribution in [-0.2, 0) is 11.4 Å². The Morgan fingerprint density at radius 3 is 2.37 bits per heavy atom. The van der Waals surface area contributed by atoms with Gasteiger partial charge in [0.25, 0.3) is 0 Å². The lowest BCUT2D eigenvalue weighted by atomic mass is 10.2. The fourth-order valence-corrected chi connectivity index (χ4v) is 2.97. The van der Waals surface area contributed by atoms with Crippen molar-refractivity contribution in [2.45, 2.75) is 19.4 Å². The molecule has 0 aliphatic heterocycles. The average molecular weight is 395 g/mol. The molecule has 0 heterocycles. The van der Waals surface area contributed by atoms with Crippen LogP contribution < -0.4 is 4.74 Å². The first kappa shape index (κ1) is 16.5. The number of halogens is 2. The van der Waals surface area contributed by atoms with Gasteiger partial charge in [0, 0.05) is 20.5 Å². The highest BCUT2D eigenvalue weighted by atomic mass is 79.9. The Morgan fingerprint density at radius 1 is 1.32 bits per heavy atom. The molecule has 0 atom stereocenters. The van der Waals surface area contributed by atoms with Crippen molar-refractivity contribution in [2.75, 3.05) is 20.7 Å². The summed E-state index contributed by atoms with van der Waals surface area (Å²) in [5.74, 6) is 0.784. The summed E-state index contributed by atoms with van der Waals surface area (Å²) in [5.41, 5.74) is 0.800. The lowest BCUT2D eigenvalue weighted by molar-refractivity contribution is -0.128. The van der Waals surface area contributed by atoms with Crippen LogP contribution in [0.4, 0.5) is 0 Å². The summed E-state index contributed by atoms with van der Waals surface area (Å²) >= 11 is 6.80. The Labute approximate surface area is 130 Å². The van der Waals surface area contributed by atoms with Gasteiger partial charge in [0.2, 0.25) is 5.91 Å². The molecule has 0 aliphatic rings. The standard InChI is InChI=1S/C13H17Br2NO3/c1-16(2)12(18)4-3-5-19-13-10(14)6-9(8-17)7-11(13)15/h6-7,17H,3-5,8H2,1-2H3. The van der Waals surface area contributed by atoms with Crippen LogP contribution in [0, 0.1) is 0 Å². The van der Waals surface area contributed by atoms with Crippen molar-refractivity contribution < 1.29 is 14.6 Å². The number of ether oxygens (including phenoxy) is 1. The van der Waals surface area contributed by atoms with Crippen LogP contribution in [0.5, 0.6) is 5.75 Å². The number of rotatable bonds is 6. The average Bonchev–Trinajstić information content (AvgIpc) is 2.36. The molecule has 1 amide bonds. The summed E-state index contributed by atoms with van der Waals surface area (Å²) in [6, 6.07) is 3.62. The summed E-state index contributed by atoms with van der Waals surface area (Å²) in [4.78, 5) is 13.0. The van der Waals surface area contributed by atoms with Crippen molar-refractivity contribution in [1.82, 2.24) is 4.90 Å². The largest absolute Gasteiger partial charge is 0.491 e. The fraction of sp³-hybridized carbons (Fsp3) is 0.462. The maximum absolute atomic E-state index is 11.4. The number of hydrogen-bond acceptors (Lipinski definition) is 3. The van der Waals surface area contributed by atoms with Crippen molar-refractivity contribution in [3.05, 3.63) is 26.6 Å². The van der Waals surface area contributed by atoms with Crippen molar-refractivity contribution >= 4 is 37.8 Å². The SMILES string of the molecule is CN(C)C(=O)CCCOc1c(Br)cc(CO)cc1Br. The van der Waals surface area contributed by atoms with Gasteiger partial charge in [0.05, 0.1) is 22.2 Å². The van der Waals surface area contributed by atoms with Crippen LogP contribution >= 0.6 is 31.9 Å². The Hall–Kier alpha value is -0.590. The molecule has 19 heavy (non-hydrogen) atoms. The molecule has 1 aromatic carbocycles. The molecule has 0 fully saturated rings. The van der Waals surface area contributed by atoms with Crippen molar-refractivity contribution in [1.29, 1.82) is 0 Å². The van der Waals surface area contributed by atoms with Crippen molar-refractivity contribution in [3.63, 3.8) is 0 Å². The van der Waals surface area contributed by atoms with E-state index in [1.807, 2.05) is 12.1 Å². The van der Waals surface area contributed by atoms with Gasteiger partial charge in [-0.2, -0.15) is 0 Å². The first-order valence-electron chi connectivity index (χ1n) is 5.87. The van der Waals surface area contributed by atoms with Gasteiger partial charge in [-0.15, -0.1) is 0 Å². The predicted octanol–water partition coefficient (Wildman–Crippen LogP) is 2.95. The molecule has 1 rings (SSSR count). The predicted molar refractivity (Wildman–Crippen MR) is 81.2 cm³/mol. The van der Waals surface area contributed by atoms with Crippen molar-refractivity contribution in [3.8, 4) is 5.75 Å². The molecule has 0 saturated carbocycles. The normalized spacial score (nSPS) is 10.4. The summed E-state index contributed by atoms with van der Waals surface area (Å²) in [7, 11) is 3.48. The van der Waals surface area contributed by atoms with E-state index in [0.29, 0.717) is 25.2 Å². The van der Waals surface area contributed by atoms with E-state index in [2.05, 4.69) is 31.9 Å². The maximum Gasteiger partial charge on any atom is 0.222 e. The zero-order valence-electron chi connectivity index (χ0n) is 10.9. The minimum absolute atomic E-state index is 0.0190. The van der Waals surface area contributed by atoms with Gasteiger partial charge in [0.1, 0.15) is 5.75 Å². The third kappa shape index (κ3) is 5.12. The molecule has 6 heteroatoms. The second-order valence-electron chi connectivity index (χ2n) is 4.29. The molecule has 1 aromatic rings. The van der Waals surface area contributed by atoms with Gasteiger partial charge in [-0.25, -0.2) is 0 Å². The third-order valence-corrected chi connectivity index (χ3v) is 3.70. The number of benzene rings is 1. The summed E-state index contributed by atoms with van der Waals surface area (Å²) in [5, 5.41) is 9.08. The smallest absolute Gasteiger partial charge is 0.222 e. The number of nitrogens with zero attached hydrogens (tertiary/aromatic N) is 1. The zero-order chi connectivity index (χ0) is 14.4. The van der Waals surface area contributed by atoms with Crippen molar-refractivity contribution in [2.24, 2.45) is 0 Å². The van der Waals surface area contributed by atoms with E-state index in [1.165, 1.54) is 0 Å². The molecular weight excluding hydrogens is 378 g/mol. The number of aliphatic hydroxyl groups excluding tert-OH is 1. The Morgan fingerprint density at radius 2 is 1.89 bits per heavy atom.